The predicted octanol–water partition coefficient (Wildman–Crippen LogP) is 4.11. The molecule has 0 unspecified atom stereocenters. The summed E-state index contributed by atoms with van der Waals surface area (Å²) in [7, 11) is 0. The lowest BCUT2D eigenvalue weighted by molar-refractivity contribution is 0.0697. The molecule has 0 fully saturated rings. The molecule has 0 aliphatic heterocycles. The van der Waals surface area contributed by atoms with Gasteiger partial charge in [-0.1, -0.05) is 42.5 Å². The Kier molecular flexibility index (Phi) is 3.51. The Morgan fingerprint density at radius 2 is 1.60 bits per heavy atom. The number of aromatic nitrogens is 1. The van der Waals surface area contributed by atoms with Crippen LogP contribution >= 0.6 is 0 Å². The Labute approximate surface area is 143 Å². The van der Waals surface area contributed by atoms with Crippen LogP contribution in [0.15, 0.2) is 77.7 Å². The van der Waals surface area contributed by atoms with Gasteiger partial charge in [0, 0.05) is 22.5 Å². The molecule has 25 heavy (non-hydrogen) atoms. The van der Waals surface area contributed by atoms with Gasteiger partial charge in [-0.25, -0.2) is 4.79 Å². The first kappa shape index (κ1) is 15.0. The lowest BCUT2D eigenvalue weighted by atomic mass is 10.0. The van der Waals surface area contributed by atoms with Gasteiger partial charge in [-0.2, -0.15) is 0 Å². The first-order valence-corrected chi connectivity index (χ1v) is 7.79. The van der Waals surface area contributed by atoms with Gasteiger partial charge in [-0.3, -0.25) is 9.78 Å². The third-order valence-corrected chi connectivity index (χ3v) is 4.25. The minimum absolute atomic E-state index is 0.0629. The van der Waals surface area contributed by atoms with Crippen LogP contribution in [0.1, 0.15) is 10.4 Å². The largest absolute Gasteiger partial charge is 0.478 e. The third-order valence-electron chi connectivity index (χ3n) is 4.25. The molecule has 0 atom stereocenters. The van der Waals surface area contributed by atoms with E-state index >= 15 is 0 Å². The van der Waals surface area contributed by atoms with Crippen molar-refractivity contribution in [2.75, 3.05) is 0 Å². The lowest BCUT2D eigenvalue weighted by Crippen LogP contribution is -1.99. The maximum atomic E-state index is 12.9. The van der Waals surface area contributed by atoms with Crippen molar-refractivity contribution in [3.63, 3.8) is 0 Å². The fourth-order valence-electron chi connectivity index (χ4n) is 2.92. The van der Waals surface area contributed by atoms with Crippen LogP contribution in [0, 0.1) is 0 Å². The van der Waals surface area contributed by atoms with Gasteiger partial charge in [0.25, 0.3) is 0 Å². The van der Waals surface area contributed by atoms with Gasteiger partial charge in [0.15, 0.2) is 5.43 Å². The third kappa shape index (κ3) is 2.64. The number of aromatic carboxylic acids is 1. The van der Waals surface area contributed by atoms with Gasteiger partial charge >= 0.3 is 5.97 Å². The lowest BCUT2D eigenvalue weighted by Gasteiger charge is -2.03. The van der Waals surface area contributed by atoms with Crippen LogP contribution in [0.2, 0.25) is 0 Å². The maximum absolute atomic E-state index is 12.9. The molecule has 4 heteroatoms. The zero-order chi connectivity index (χ0) is 17.4. The Balaban J connectivity index is 1.95. The SMILES string of the molecule is O=C(O)c1ccc(-c2cnc3ccc4ccccc4c(=O)c3c2)cc1. The second-order valence-corrected chi connectivity index (χ2v) is 5.79. The van der Waals surface area contributed by atoms with Gasteiger partial charge in [0.05, 0.1) is 11.1 Å². The van der Waals surface area contributed by atoms with E-state index in [1.165, 1.54) is 0 Å². The van der Waals surface area contributed by atoms with E-state index in [1.807, 2.05) is 42.5 Å². The molecule has 3 aromatic carbocycles. The minimum atomic E-state index is -0.969. The fraction of sp³-hybridized carbons (Fsp3) is 0. The van der Waals surface area contributed by atoms with Crippen LogP contribution in [-0.2, 0) is 0 Å². The molecule has 0 saturated carbocycles. The molecule has 0 spiro atoms. The van der Waals surface area contributed by atoms with E-state index in [1.54, 1.807) is 30.5 Å². The van der Waals surface area contributed by atoms with Crippen LogP contribution in [0.25, 0.3) is 32.8 Å². The second kappa shape index (κ2) is 5.83. The molecule has 4 rings (SSSR count). The summed E-state index contributed by atoms with van der Waals surface area (Å²) < 4.78 is 0. The van der Waals surface area contributed by atoms with Crippen molar-refractivity contribution in [3.05, 3.63) is 88.7 Å². The number of hydrogen-bond donors (Lipinski definition) is 1. The molecular formula is C21H13NO3. The molecule has 120 valence electrons. The Bertz CT molecular complexity index is 1180. The van der Waals surface area contributed by atoms with Crippen molar-refractivity contribution in [3.8, 4) is 11.1 Å². The smallest absolute Gasteiger partial charge is 0.335 e. The van der Waals surface area contributed by atoms with Crippen LogP contribution in [-0.4, -0.2) is 16.1 Å². The average Bonchev–Trinajstić information content (AvgIpc) is 2.79. The van der Waals surface area contributed by atoms with E-state index in [0.29, 0.717) is 16.3 Å². The number of pyridine rings is 1. The Morgan fingerprint density at radius 1 is 0.840 bits per heavy atom. The zero-order valence-corrected chi connectivity index (χ0v) is 13.1. The van der Waals surface area contributed by atoms with Gasteiger partial charge in [0.1, 0.15) is 0 Å². The van der Waals surface area contributed by atoms with Gasteiger partial charge < -0.3 is 5.11 Å². The summed E-state index contributed by atoms with van der Waals surface area (Å²) in [5, 5.41) is 11.1. The quantitative estimate of drug-likeness (QED) is 0.601. The highest BCUT2D eigenvalue weighted by atomic mass is 16.4. The Hall–Kier alpha value is -3.53. The van der Waals surface area contributed by atoms with Crippen molar-refractivity contribution < 1.29 is 9.90 Å². The number of carboxylic acid groups (broad SMARTS) is 1. The normalized spacial score (nSPS) is 10.9. The number of fused-ring (bicyclic) bond motifs is 2. The molecule has 4 nitrogen and oxygen atoms in total. The van der Waals surface area contributed by atoms with E-state index in [4.69, 9.17) is 5.11 Å². The molecule has 0 radical (unpaired) electrons. The molecule has 0 bridgehead atoms. The Morgan fingerprint density at radius 3 is 2.36 bits per heavy atom. The summed E-state index contributed by atoms with van der Waals surface area (Å²) in [6.07, 6.45) is 1.70. The van der Waals surface area contributed by atoms with E-state index in [0.717, 1.165) is 16.5 Å². The molecule has 0 saturated heterocycles. The molecule has 0 aliphatic rings. The second-order valence-electron chi connectivity index (χ2n) is 5.79. The molecule has 1 aromatic heterocycles. The van der Waals surface area contributed by atoms with Crippen LogP contribution in [0.4, 0.5) is 0 Å². The summed E-state index contributed by atoms with van der Waals surface area (Å²) in [4.78, 5) is 28.3. The summed E-state index contributed by atoms with van der Waals surface area (Å²) in [5.41, 5.74) is 2.38. The standard InChI is InChI=1S/C21H13NO3/c23-20-17-4-2-1-3-14(17)9-10-19-18(20)11-16(12-22-19)13-5-7-15(8-6-13)21(24)25/h1-12H,(H,24,25). The summed E-state index contributed by atoms with van der Waals surface area (Å²) >= 11 is 0. The number of carbonyl (C=O) groups is 1. The highest BCUT2D eigenvalue weighted by Crippen LogP contribution is 2.22. The molecule has 1 heterocycles. The number of nitrogens with zero attached hydrogens (tertiary/aromatic N) is 1. The number of carboxylic acids is 1. The highest BCUT2D eigenvalue weighted by Gasteiger charge is 2.07. The molecule has 0 amide bonds. The van der Waals surface area contributed by atoms with Crippen molar-refractivity contribution in [1.82, 2.24) is 4.98 Å². The van der Waals surface area contributed by atoms with Crippen molar-refractivity contribution in [1.29, 1.82) is 0 Å². The zero-order valence-electron chi connectivity index (χ0n) is 13.1. The molecule has 0 aliphatic carbocycles. The van der Waals surface area contributed by atoms with Crippen LogP contribution < -0.4 is 5.43 Å². The molecule has 4 aromatic rings. The van der Waals surface area contributed by atoms with Gasteiger partial charge in [0.2, 0.25) is 0 Å². The minimum Gasteiger partial charge on any atom is -0.478 e. The summed E-state index contributed by atoms with van der Waals surface area (Å²) in [6.45, 7) is 0. The van der Waals surface area contributed by atoms with E-state index < -0.39 is 5.97 Å². The van der Waals surface area contributed by atoms with Crippen LogP contribution in [0.3, 0.4) is 0 Å². The number of hydrogen-bond acceptors (Lipinski definition) is 3. The summed E-state index contributed by atoms with van der Waals surface area (Å²) in [5.74, 6) is -0.969. The van der Waals surface area contributed by atoms with Crippen molar-refractivity contribution >= 4 is 27.6 Å². The molecular weight excluding hydrogens is 314 g/mol. The molecule has 1 N–H and O–H groups in total. The van der Waals surface area contributed by atoms with Gasteiger partial charge in [-0.15, -0.1) is 0 Å². The maximum Gasteiger partial charge on any atom is 0.335 e. The predicted molar refractivity (Wildman–Crippen MR) is 97.9 cm³/mol. The topological polar surface area (TPSA) is 67.3 Å². The van der Waals surface area contributed by atoms with Crippen molar-refractivity contribution in [2.24, 2.45) is 0 Å². The first-order chi connectivity index (χ1) is 12.1. The highest BCUT2D eigenvalue weighted by molar-refractivity contribution is 5.93. The number of benzene rings is 2. The first-order valence-electron chi connectivity index (χ1n) is 7.79. The summed E-state index contributed by atoms with van der Waals surface area (Å²) in [6, 6.07) is 19.5. The van der Waals surface area contributed by atoms with E-state index in [9.17, 15) is 9.59 Å². The average molecular weight is 327 g/mol. The van der Waals surface area contributed by atoms with Crippen LogP contribution in [0.5, 0.6) is 0 Å². The fourth-order valence-corrected chi connectivity index (χ4v) is 2.92. The monoisotopic (exact) mass is 327 g/mol. The van der Waals surface area contributed by atoms with Crippen molar-refractivity contribution in [2.45, 2.75) is 0 Å². The van der Waals surface area contributed by atoms with E-state index in [2.05, 4.69) is 4.98 Å². The van der Waals surface area contributed by atoms with Gasteiger partial charge in [-0.05, 0) is 35.2 Å². The number of rotatable bonds is 2. The van der Waals surface area contributed by atoms with E-state index in [-0.39, 0.29) is 11.0 Å².